The van der Waals surface area contributed by atoms with Crippen molar-refractivity contribution in [1.82, 2.24) is 49.4 Å². The van der Waals surface area contributed by atoms with Gasteiger partial charge in [0.05, 0.1) is 63.1 Å². The van der Waals surface area contributed by atoms with Gasteiger partial charge in [0, 0.05) is 85.1 Å². The fourth-order valence-corrected chi connectivity index (χ4v) is 10.2. The Hall–Kier alpha value is -6.59. The molecular weight excluding hydrogens is 1000 g/mol. The van der Waals surface area contributed by atoms with Gasteiger partial charge in [-0.2, -0.15) is 5.10 Å². The Kier molecular flexibility index (Phi) is 24.4. The topological polar surface area (TPSA) is 254 Å². The Bertz CT molecular complexity index is 2460. The molecule has 22 nitrogen and oxygen atoms in total. The number of ether oxygens (including phenoxy) is 2. The van der Waals surface area contributed by atoms with Crippen LogP contribution in [0.25, 0.3) is 16.9 Å². The standard InChI is InChI=1S/C56H84N10O12/c1-39(2)43-33-42(19-20-45(43)66-46(52-47(77-7)17-12-18-48(52)78-8)34-44(58-66)54(73)57-53(56(75)76)41-15-10-9-11-16-41)55(74)61(6)24-14-22-59(4)21-13-23-60(5)49(68)36-63-27-31-64(37-50(69)70)29-25-62(35-40(3)67)26-30-65(32-28-63)38-51(71)72/h12,17-20,33-34,39,41,53,67H,3,9-11,13-16,21-32,35-38H2,1-2,4-8H3,(H,57,73)(H,69,70)(H,71,72)(H,75,76)/t53-/m0/s1. The molecule has 0 radical (unpaired) electrons. The molecule has 3 aromatic rings. The summed E-state index contributed by atoms with van der Waals surface area (Å²) in [6, 6.07) is 11.3. The van der Waals surface area contributed by atoms with Crippen LogP contribution in [0.5, 0.6) is 11.5 Å². The van der Waals surface area contributed by atoms with Crippen molar-refractivity contribution in [2.75, 3.05) is 140 Å². The molecule has 1 aliphatic carbocycles. The van der Waals surface area contributed by atoms with E-state index in [1.165, 1.54) is 14.2 Å². The molecule has 1 saturated heterocycles. The molecule has 2 fully saturated rings. The first kappa shape index (κ1) is 62.3. The third-order valence-electron chi connectivity index (χ3n) is 14.7. The number of carboxylic acids is 3. The Morgan fingerprint density at radius 3 is 1.69 bits per heavy atom. The number of aliphatic hydroxyl groups excluding tert-OH is 1. The lowest BCUT2D eigenvalue weighted by molar-refractivity contribution is -0.141. The highest BCUT2D eigenvalue weighted by Gasteiger charge is 2.33. The number of aliphatic hydroxyl groups is 1. The molecule has 1 atom stereocenters. The van der Waals surface area contributed by atoms with E-state index in [-0.39, 0.29) is 61.3 Å². The molecule has 78 heavy (non-hydrogen) atoms. The highest BCUT2D eigenvalue weighted by Crippen LogP contribution is 2.41. The number of hydrogen-bond acceptors (Lipinski definition) is 15. The molecule has 0 bridgehead atoms. The maximum atomic E-state index is 14.0. The quantitative estimate of drug-likeness (QED) is 0.0708. The summed E-state index contributed by atoms with van der Waals surface area (Å²) in [5.74, 6) is -3.29. The Balaban J connectivity index is 1.20. The highest BCUT2D eigenvalue weighted by molar-refractivity contribution is 5.97. The smallest absolute Gasteiger partial charge is 0.326 e. The van der Waals surface area contributed by atoms with E-state index in [0.717, 1.165) is 24.8 Å². The largest absolute Gasteiger partial charge is 0.512 e. The van der Waals surface area contributed by atoms with Gasteiger partial charge in [0.25, 0.3) is 11.8 Å². The number of nitrogens with one attached hydrogen (secondary N) is 1. The van der Waals surface area contributed by atoms with E-state index in [1.54, 1.807) is 68.7 Å². The molecule has 1 aromatic heterocycles. The van der Waals surface area contributed by atoms with Gasteiger partial charge >= 0.3 is 17.9 Å². The van der Waals surface area contributed by atoms with E-state index in [2.05, 4.69) is 16.8 Å². The van der Waals surface area contributed by atoms with Crippen molar-refractivity contribution in [3.05, 3.63) is 71.6 Å². The molecule has 22 heteroatoms. The predicted octanol–water partition coefficient (Wildman–Crippen LogP) is 4.15. The number of rotatable bonds is 26. The number of methoxy groups -OCH3 is 2. The number of benzene rings is 2. The number of aliphatic carboxylic acids is 3. The lowest BCUT2D eigenvalue weighted by atomic mass is 9.84. The molecule has 0 unspecified atom stereocenters. The first-order valence-corrected chi connectivity index (χ1v) is 27.1. The number of likely N-dealkylation sites (N-methyl/N-ethyl adjacent to an activating group) is 1. The zero-order valence-electron chi connectivity index (χ0n) is 46.8. The second kappa shape index (κ2) is 30.5. The SMILES string of the molecule is C=C(O)CN1CCN(CC(=O)O)CCN(CC(=O)N(C)CCCN(C)CCCN(C)C(=O)c2ccc(-n3nc(C(=O)N[C@H](C(=O)O)C4CCCCC4)cc3-c3c(OC)cccc3OC)c(C(C)C)c2)CCN(CC(=O)O)CC1. The molecular formula is C56H84N10O12. The van der Waals surface area contributed by atoms with E-state index in [0.29, 0.717) is 138 Å². The maximum absolute atomic E-state index is 14.0. The number of aromatic nitrogens is 2. The van der Waals surface area contributed by atoms with Gasteiger partial charge in [0.2, 0.25) is 5.91 Å². The van der Waals surface area contributed by atoms with Crippen molar-refractivity contribution in [2.24, 2.45) is 5.92 Å². The first-order valence-electron chi connectivity index (χ1n) is 27.1. The van der Waals surface area contributed by atoms with E-state index in [9.17, 15) is 49.2 Å². The van der Waals surface area contributed by atoms with E-state index >= 15 is 0 Å². The summed E-state index contributed by atoms with van der Waals surface area (Å²) in [6.45, 7) is 13.1. The van der Waals surface area contributed by atoms with Gasteiger partial charge < -0.3 is 49.9 Å². The summed E-state index contributed by atoms with van der Waals surface area (Å²) in [4.78, 5) is 90.6. The summed E-state index contributed by atoms with van der Waals surface area (Å²) in [6.07, 6.45) is 5.66. The summed E-state index contributed by atoms with van der Waals surface area (Å²) in [7, 11) is 8.60. The minimum absolute atomic E-state index is 0.0135. The molecule has 1 saturated carbocycles. The summed E-state index contributed by atoms with van der Waals surface area (Å²) >= 11 is 0. The molecule has 3 amide bonds. The van der Waals surface area contributed by atoms with Crippen molar-refractivity contribution in [1.29, 1.82) is 0 Å². The Morgan fingerprint density at radius 2 is 1.21 bits per heavy atom. The van der Waals surface area contributed by atoms with Crippen LogP contribution in [0, 0.1) is 5.92 Å². The van der Waals surface area contributed by atoms with E-state index < -0.39 is 29.9 Å². The van der Waals surface area contributed by atoms with Crippen molar-refractivity contribution in [2.45, 2.75) is 70.8 Å². The van der Waals surface area contributed by atoms with Gasteiger partial charge in [-0.1, -0.05) is 45.8 Å². The van der Waals surface area contributed by atoms with Gasteiger partial charge in [0.15, 0.2) is 5.69 Å². The van der Waals surface area contributed by atoms with Gasteiger partial charge in [0.1, 0.15) is 17.5 Å². The minimum atomic E-state index is -1.09. The van der Waals surface area contributed by atoms with Crippen LogP contribution in [0.15, 0.2) is 54.8 Å². The molecule has 0 spiro atoms. The molecule has 430 valence electrons. The van der Waals surface area contributed by atoms with Gasteiger partial charge in [-0.15, -0.1) is 0 Å². The first-order chi connectivity index (χ1) is 37.2. The average Bonchev–Trinajstić information content (AvgIpc) is 3.87. The van der Waals surface area contributed by atoms with E-state index in [4.69, 9.17) is 14.6 Å². The fourth-order valence-electron chi connectivity index (χ4n) is 10.2. The zero-order valence-corrected chi connectivity index (χ0v) is 46.8. The highest BCUT2D eigenvalue weighted by atomic mass is 16.5. The molecule has 5 rings (SSSR count). The second-order valence-electron chi connectivity index (χ2n) is 21.0. The minimum Gasteiger partial charge on any atom is -0.512 e. The molecule has 2 heterocycles. The van der Waals surface area contributed by atoms with Gasteiger partial charge in [-0.05, 0) is 99.6 Å². The summed E-state index contributed by atoms with van der Waals surface area (Å²) < 4.78 is 13.2. The van der Waals surface area contributed by atoms with Crippen LogP contribution < -0.4 is 14.8 Å². The molecule has 2 aliphatic rings. The second-order valence-corrected chi connectivity index (χ2v) is 21.0. The fraction of sp³-hybridized carbons (Fsp3) is 0.589. The lowest BCUT2D eigenvalue weighted by Gasteiger charge is -2.33. The number of carboxylic acid groups (broad SMARTS) is 3. The average molecular weight is 1090 g/mol. The zero-order chi connectivity index (χ0) is 57.1. The number of carbonyl (C=O) groups excluding carboxylic acids is 3. The van der Waals surface area contributed by atoms with Crippen LogP contribution in [0.3, 0.4) is 0 Å². The molecule has 2 aromatic carbocycles. The van der Waals surface area contributed by atoms with Crippen molar-refractivity contribution in [3.63, 3.8) is 0 Å². The lowest BCUT2D eigenvalue weighted by Crippen LogP contribution is -2.49. The van der Waals surface area contributed by atoms with Crippen LogP contribution >= 0.6 is 0 Å². The van der Waals surface area contributed by atoms with Crippen LogP contribution in [0.4, 0.5) is 0 Å². The van der Waals surface area contributed by atoms with Crippen LogP contribution in [0.2, 0.25) is 0 Å². The van der Waals surface area contributed by atoms with Crippen LogP contribution in [-0.2, 0) is 19.2 Å². The van der Waals surface area contributed by atoms with Gasteiger partial charge in [-0.3, -0.25) is 43.6 Å². The van der Waals surface area contributed by atoms with Crippen molar-refractivity contribution >= 4 is 35.6 Å². The normalized spacial score (nSPS) is 16.2. The summed E-state index contributed by atoms with van der Waals surface area (Å²) in [5, 5.41) is 46.9. The monoisotopic (exact) mass is 1090 g/mol. The predicted molar refractivity (Wildman–Crippen MR) is 296 cm³/mol. The maximum Gasteiger partial charge on any atom is 0.326 e. The van der Waals surface area contributed by atoms with Crippen LogP contribution in [-0.4, -0.2) is 246 Å². The Morgan fingerprint density at radius 1 is 0.692 bits per heavy atom. The molecule has 1 aliphatic heterocycles. The molecule has 5 N–H and O–H groups in total. The third-order valence-corrected chi connectivity index (χ3v) is 14.7. The van der Waals surface area contributed by atoms with Crippen LogP contribution in [0.1, 0.15) is 91.1 Å². The summed E-state index contributed by atoms with van der Waals surface area (Å²) in [5.41, 5.74) is 2.90. The van der Waals surface area contributed by atoms with Crippen molar-refractivity contribution in [3.8, 4) is 28.4 Å². The number of carbonyl (C=O) groups is 6. The number of nitrogens with zero attached hydrogens (tertiary/aromatic N) is 9. The number of hydrogen-bond donors (Lipinski definition) is 5. The van der Waals surface area contributed by atoms with Gasteiger partial charge in [-0.25, -0.2) is 9.48 Å². The van der Waals surface area contributed by atoms with Crippen molar-refractivity contribution < 1.29 is 58.7 Å². The van der Waals surface area contributed by atoms with E-state index in [1.807, 2.05) is 42.8 Å². The number of amides is 3. The third kappa shape index (κ3) is 18.5. The Labute approximate surface area is 459 Å².